The van der Waals surface area contributed by atoms with Gasteiger partial charge in [-0.05, 0) is 37.7 Å². The topological polar surface area (TPSA) is 34.9 Å². The number of ketones is 1. The number of hydrogen-bond acceptors (Lipinski definition) is 3. The molecule has 0 N–H and O–H groups in total. The third kappa shape index (κ3) is 2.85. The summed E-state index contributed by atoms with van der Waals surface area (Å²) in [5.41, 5.74) is 3.26. The molecule has 0 amide bonds. The van der Waals surface area contributed by atoms with E-state index in [0.717, 1.165) is 49.9 Å². The minimum atomic E-state index is 0.307. The second kappa shape index (κ2) is 5.92. The molecule has 0 saturated heterocycles. The molecule has 0 aliphatic heterocycles. The molecule has 0 spiro atoms. The fourth-order valence-electron chi connectivity index (χ4n) is 2.77. The summed E-state index contributed by atoms with van der Waals surface area (Å²) in [5.74, 6) is 0.307. The van der Waals surface area contributed by atoms with Crippen LogP contribution in [0.15, 0.2) is 17.8 Å². The summed E-state index contributed by atoms with van der Waals surface area (Å²) >= 11 is 1.74. The largest absolute Gasteiger partial charge is 0.347 e. The van der Waals surface area contributed by atoms with Crippen molar-refractivity contribution in [2.24, 2.45) is 0 Å². The van der Waals surface area contributed by atoms with Gasteiger partial charge in [0.05, 0.1) is 17.2 Å². The first-order chi connectivity index (χ1) is 9.76. The minimum absolute atomic E-state index is 0.307. The monoisotopic (exact) mass is 288 g/mol. The molecule has 106 valence electrons. The lowest BCUT2D eigenvalue weighted by atomic mass is 10.1. The SMILES string of the molecule is CCCc1nc(Cn2cc3c(c2)C(=O)CCCC3)cs1. The predicted molar refractivity (Wildman–Crippen MR) is 81.5 cm³/mol. The first kappa shape index (κ1) is 13.6. The van der Waals surface area contributed by atoms with Crippen molar-refractivity contribution in [3.8, 4) is 0 Å². The number of rotatable bonds is 4. The van der Waals surface area contributed by atoms with Crippen molar-refractivity contribution in [2.75, 3.05) is 0 Å². The zero-order valence-corrected chi connectivity index (χ0v) is 12.7. The molecular formula is C16H20N2OS. The zero-order valence-electron chi connectivity index (χ0n) is 11.9. The van der Waals surface area contributed by atoms with Gasteiger partial charge < -0.3 is 4.57 Å². The van der Waals surface area contributed by atoms with Gasteiger partial charge in [-0.3, -0.25) is 4.79 Å². The maximum Gasteiger partial charge on any atom is 0.164 e. The number of thiazole rings is 1. The van der Waals surface area contributed by atoms with E-state index in [4.69, 9.17) is 0 Å². The van der Waals surface area contributed by atoms with E-state index < -0.39 is 0 Å². The van der Waals surface area contributed by atoms with Crippen molar-refractivity contribution in [1.82, 2.24) is 9.55 Å². The Kier molecular flexibility index (Phi) is 4.01. The Bertz CT molecular complexity index is 612. The molecule has 20 heavy (non-hydrogen) atoms. The van der Waals surface area contributed by atoms with Crippen LogP contribution in [0.4, 0.5) is 0 Å². The maximum absolute atomic E-state index is 12.0. The van der Waals surface area contributed by atoms with E-state index >= 15 is 0 Å². The first-order valence-corrected chi connectivity index (χ1v) is 8.29. The van der Waals surface area contributed by atoms with Gasteiger partial charge in [-0.2, -0.15) is 0 Å². The highest BCUT2D eigenvalue weighted by Gasteiger charge is 2.17. The van der Waals surface area contributed by atoms with Gasteiger partial charge in [0.2, 0.25) is 0 Å². The average molecular weight is 288 g/mol. The zero-order chi connectivity index (χ0) is 13.9. The molecule has 0 unspecified atom stereocenters. The summed E-state index contributed by atoms with van der Waals surface area (Å²) in [6, 6.07) is 0. The molecule has 0 aromatic carbocycles. The number of carbonyl (C=O) groups excluding carboxylic acids is 1. The summed E-state index contributed by atoms with van der Waals surface area (Å²) in [5, 5.41) is 3.35. The number of hydrogen-bond donors (Lipinski definition) is 0. The van der Waals surface area contributed by atoms with Gasteiger partial charge in [0, 0.05) is 29.8 Å². The van der Waals surface area contributed by atoms with E-state index in [1.165, 1.54) is 10.6 Å². The third-order valence-electron chi connectivity index (χ3n) is 3.77. The van der Waals surface area contributed by atoms with E-state index in [9.17, 15) is 4.79 Å². The van der Waals surface area contributed by atoms with Crippen molar-refractivity contribution in [1.29, 1.82) is 0 Å². The molecule has 2 aromatic rings. The number of carbonyl (C=O) groups is 1. The molecule has 3 rings (SSSR count). The van der Waals surface area contributed by atoms with Gasteiger partial charge in [-0.1, -0.05) is 6.92 Å². The average Bonchev–Trinajstić information content (AvgIpc) is 2.99. The number of aryl methyl sites for hydroxylation is 2. The van der Waals surface area contributed by atoms with E-state index in [-0.39, 0.29) is 0 Å². The van der Waals surface area contributed by atoms with Gasteiger partial charge in [-0.25, -0.2) is 4.98 Å². The molecule has 0 saturated carbocycles. The van der Waals surface area contributed by atoms with Crippen LogP contribution in [0.3, 0.4) is 0 Å². The van der Waals surface area contributed by atoms with Crippen LogP contribution in [-0.2, 0) is 19.4 Å². The van der Waals surface area contributed by atoms with Crippen molar-refractivity contribution in [2.45, 2.75) is 52.0 Å². The van der Waals surface area contributed by atoms with Crippen LogP contribution in [0, 0.1) is 0 Å². The summed E-state index contributed by atoms with van der Waals surface area (Å²) in [6.45, 7) is 2.95. The summed E-state index contributed by atoms with van der Waals surface area (Å²) in [7, 11) is 0. The predicted octanol–water partition coefficient (Wildman–Crippen LogP) is 3.85. The van der Waals surface area contributed by atoms with Crippen molar-refractivity contribution >= 4 is 17.1 Å². The highest BCUT2D eigenvalue weighted by atomic mass is 32.1. The Hall–Kier alpha value is -1.42. The lowest BCUT2D eigenvalue weighted by Crippen LogP contribution is -1.99. The van der Waals surface area contributed by atoms with E-state index in [0.29, 0.717) is 12.2 Å². The standard InChI is InChI=1S/C16H20N2OS/c1-2-5-16-17-13(11-20-16)9-18-8-12-6-3-4-7-15(19)14(12)10-18/h8,10-11H,2-7,9H2,1H3. The normalized spacial score (nSPS) is 15.2. The van der Waals surface area contributed by atoms with Crippen LogP contribution in [0.2, 0.25) is 0 Å². The van der Waals surface area contributed by atoms with E-state index in [1.807, 2.05) is 6.20 Å². The first-order valence-electron chi connectivity index (χ1n) is 7.41. The molecule has 0 atom stereocenters. The Morgan fingerprint density at radius 3 is 3.00 bits per heavy atom. The van der Waals surface area contributed by atoms with Gasteiger partial charge in [0.15, 0.2) is 5.78 Å². The number of fused-ring (bicyclic) bond motifs is 1. The van der Waals surface area contributed by atoms with Crippen LogP contribution in [0.5, 0.6) is 0 Å². The van der Waals surface area contributed by atoms with E-state index in [2.05, 4.69) is 28.1 Å². The Morgan fingerprint density at radius 1 is 1.30 bits per heavy atom. The highest BCUT2D eigenvalue weighted by Crippen LogP contribution is 2.22. The smallest absolute Gasteiger partial charge is 0.164 e. The van der Waals surface area contributed by atoms with Gasteiger partial charge in [0.1, 0.15) is 0 Å². The third-order valence-corrected chi connectivity index (χ3v) is 4.73. The van der Waals surface area contributed by atoms with Crippen LogP contribution >= 0.6 is 11.3 Å². The molecule has 2 heterocycles. The molecular weight excluding hydrogens is 268 g/mol. The van der Waals surface area contributed by atoms with Gasteiger partial charge in [0.25, 0.3) is 0 Å². The molecule has 3 nitrogen and oxygen atoms in total. The van der Waals surface area contributed by atoms with Crippen LogP contribution in [0.25, 0.3) is 0 Å². The number of Topliss-reactive ketones (excluding diaryl/α,β-unsaturated/α-hetero) is 1. The summed E-state index contributed by atoms with van der Waals surface area (Å²) in [4.78, 5) is 16.7. The van der Waals surface area contributed by atoms with Crippen molar-refractivity contribution < 1.29 is 4.79 Å². The molecule has 2 aromatic heterocycles. The number of nitrogens with zero attached hydrogens (tertiary/aromatic N) is 2. The van der Waals surface area contributed by atoms with Gasteiger partial charge in [-0.15, -0.1) is 11.3 Å². The summed E-state index contributed by atoms with van der Waals surface area (Å²) < 4.78 is 2.12. The van der Waals surface area contributed by atoms with Crippen molar-refractivity contribution in [3.63, 3.8) is 0 Å². The molecule has 0 bridgehead atoms. The fourth-order valence-corrected chi connectivity index (χ4v) is 3.66. The van der Waals surface area contributed by atoms with Crippen LogP contribution in [0.1, 0.15) is 59.2 Å². The lowest BCUT2D eigenvalue weighted by Gasteiger charge is -1.99. The van der Waals surface area contributed by atoms with Gasteiger partial charge >= 0.3 is 0 Å². The second-order valence-corrected chi connectivity index (χ2v) is 6.42. The lowest BCUT2D eigenvalue weighted by molar-refractivity contribution is 0.0982. The minimum Gasteiger partial charge on any atom is -0.347 e. The Morgan fingerprint density at radius 2 is 2.15 bits per heavy atom. The van der Waals surface area contributed by atoms with E-state index in [1.54, 1.807) is 11.3 Å². The second-order valence-electron chi connectivity index (χ2n) is 5.48. The summed E-state index contributed by atoms with van der Waals surface area (Å²) in [6.07, 6.45) is 10.2. The Labute approximate surface area is 123 Å². The maximum atomic E-state index is 12.0. The van der Waals surface area contributed by atoms with Crippen molar-refractivity contribution in [3.05, 3.63) is 39.6 Å². The molecule has 0 fully saturated rings. The van der Waals surface area contributed by atoms with Crippen LogP contribution < -0.4 is 0 Å². The highest BCUT2D eigenvalue weighted by molar-refractivity contribution is 7.09. The molecule has 4 heteroatoms. The molecule has 1 aliphatic rings. The number of aromatic nitrogens is 2. The quantitative estimate of drug-likeness (QED) is 0.801. The fraction of sp³-hybridized carbons (Fsp3) is 0.500. The van der Waals surface area contributed by atoms with Crippen LogP contribution in [-0.4, -0.2) is 15.3 Å². The molecule has 1 aliphatic carbocycles. The molecule has 0 radical (unpaired) electrons. The Balaban J connectivity index is 1.77.